The smallest absolute Gasteiger partial charge is 0.160 e. The molecule has 9 aromatic rings. The number of para-hydroxylation sites is 1. The molecule has 5 aromatic carbocycles. The highest BCUT2D eigenvalue weighted by Gasteiger charge is 2.16. The van der Waals surface area contributed by atoms with Crippen LogP contribution in [0, 0.1) is 0 Å². The van der Waals surface area contributed by atoms with Gasteiger partial charge in [-0.05, 0) is 24.3 Å². The Hall–Kier alpha value is -6.33. The minimum Gasteiger partial charge on any atom is -0.254 e. The lowest BCUT2D eigenvalue weighted by molar-refractivity contribution is 1.18. The number of aromatic nitrogens is 5. The number of pyridine rings is 3. The van der Waals surface area contributed by atoms with Gasteiger partial charge in [-0.25, -0.2) is 19.9 Å². The SMILES string of the molecule is c1ccc(-c2cc(-c3ccc(-c4nc5ccccc5c5nc6c(ccc7cccnc76)cc45)cc3)nc(-c3ccccc3)n2)cc1. The van der Waals surface area contributed by atoms with Crippen molar-refractivity contribution >= 4 is 43.6 Å². The second kappa shape index (κ2) is 10.7. The molecule has 0 aliphatic carbocycles. The fourth-order valence-corrected chi connectivity index (χ4v) is 6.20. The van der Waals surface area contributed by atoms with Crippen molar-refractivity contribution in [1.82, 2.24) is 24.9 Å². The standard InChI is InChI=1S/C41H25N5/c1-3-10-26(11-4-1)35-25-36(45-41(44-35)30-12-5-2-6-13-30)27-17-19-29(20-18-27)37-33-24-31-22-21-28-14-9-23-42-38(28)39(31)46-40(33)32-15-7-8-16-34(32)43-37/h1-25H. The molecule has 4 aromatic heterocycles. The predicted octanol–water partition coefficient (Wildman–Crippen LogP) is 9.94. The van der Waals surface area contributed by atoms with Crippen LogP contribution in [-0.2, 0) is 0 Å². The average Bonchev–Trinajstić information content (AvgIpc) is 3.14. The minimum absolute atomic E-state index is 0.697. The molecule has 0 saturated heterocycles. The van der Waals surface area contributed by atoms with Gasteiger partial charge in [0.25, 0.3) is 0 Å². The molecule has 5 heteroatoms. The molecule has 0 N–H and O–H groups in total. The normalized spacial score (nSPS) is 11.5. The van der Waals surface area contributed by atoms with Crippen molar-refractivity contribution in [2.75, 3.05) is 0 Å². The van der Waals surface area contributed by atoms with Crippen molar-refractivity contribution < 1.29 is 0 Å². The molecule has 0 radical (unpaired) electrons. The molecule has 0 saturated carbocycles. The zero-order chi connectivity index (χ0) is 30.5. The topological polar surface area (TPSA) is 64.5 Å². The van der Waals surface area contributed by atoms with Crippen molar-refractivity contribution in [3.63, 3.8) is 0 Å². The second-order valence-corrected chi connectivity index (χ2v) is 11.3. The molecular formula is C41H25N5. The summed E-state index contributed by atoms with van der Waals surface area (Å²) in [6, 6.07) is 49.6. The highest BCUT2D eigenvalue weighted by atomic mass is 14.9. The van der Waals surface area contributed by atoms with Gasteiger partial charge in [0, 0.05) is 50.0 Å². The van der Waals surface area contributed by atoms with Crippen LogP contribution in [0.25, 0.3) is 88.8 Å². The molecule has 0 aliphatic heterocycles. The van der Waals surface area contributed by atoms with Crippen LogP contribution in [0.15, 0.2) is 152 Å². The summed E-state index contributed by atoms with van der Waals surface area (Å²) in [6.07, 6.45) is 1.83. The van der Waals surface area contributed by atoms with Crippen LogP contribution < -0.4 is 0 Å². The Labute approximate surface area is 264 Å². The summed E-state index contributed by atoms with van der Waals surface area (Å²) in [5.41, 5.74) is 10.3. The van der Waals surface area contributed by atoms with E-state index in [1.165, 1.54) is 0 Å². The molecule has 0 amide bonds. The van der Waals surface area contributed by atoms with E-state index in [2.05, 4.69) is 83.8 Å². The molecule has 0 fully saturated rings. The summed E-state index contributed by atoms with van der Waals surface area (Å²) < 4.78 is 0. The quantitative estimate of drug-likeness (QED) is 0.151. The van der Waals surface area contributed by atoms with Gasteiger partial charge in [0.2, 0.25) is 0 Å². The first-order chi connectivity index (χ1) is 22.8. The van der Waals surface area contributed by atoms with Crippen LogP contribution in [-0.4, -0.2) is 24.9 Å². The van der Waals surface area contributed by atoms with Crippen LogP contribution in [0.1, 0.15) is 0 Å². The lowest BCUT2D eigenvalue weighted by atomic mass is 9.99. The monoisotopic (exact) mass is 587 g/mol. The third kappa shape index (κ3) is 4.45. The molecule has 0 unspecified atom stereocenters. The summed E-state index contributed by atoms with van der Waals surface area (Å²) in [7, 11) is 0. The van der Waals surface area contributed by atoms with Crippen LogP contribution in [0.2, 0.25) is 0 Å². The van der Waals surface area contributed by atoms with Gasteiger partial charge in [0.05, 0.1) is 39.1 Å². The summed E-state index contributed by atoms with van der Waals surface area (Å²) in [4.78, 5) is 25.0. The van der Waals surface area contributed by atoms with Gasteiger partial charge in [0.15, 0.2) is 5.82 Å². The van der Waals surface area contributed by atoms with Gasteiger partial charge in [-0.3, -0.25) is 4.98 Å². The first kappa shape index (κ1) is 26.1. The van der Waals surface area contributed by atoms with E-state index in [1.807, 2.05) is 72.9 Å². The van der Waals surface area contributed by atoms with E-state index in [0.29, 0.717) is 5.82 Å². The third-order valence-electron chi connectivity index (χ3n) is 8.49. The highest BCUT2D eigenvalue weighted by molar-refractivity contribution is 6.15. The Morgan fingerprint density at radius 2 is 1.02 bits per heavy atom. The zero-order valence-electron chi connectivity index (χ0n) is 24.7. The maximum Gasteiger partial charge on any atom is 0.160 e. The van der Waals surface area contributed by atoms with Gasteiger partial charge < -0.3 is 0 Å². The summed E-state index contributed by atoms with van der Waals surface area (Å²) in [5, 5.41) is 4.15. The van der Waals surface area contributed by atoms with Crippen molar-refractivity contribution in [2.24, 2.45) is 0 Å². The highest BCUT2D eigenvalue weighted by Crippen LogP contribution is 2.36. The van der Waals surface area contributed by atoms with Crippen molar-refractivity contribution in [3.8, 4) is 45.2 Å². The Morgan fingerprint density at radius 1 is 0.370 bits per heavy atom. The van der Waals surface area contributed by atoms with E-state index in [1.54, 1.807) is 0 Å². The second-order valence-electron chi connectivity index (χ2n) is 11.3. The Kier molecular flexibility index (Phi) is 6.06. The van der Waals surface area contributed by atoms with Gasteiger partial charge >= 0.3 is 0 Å². The van der Waals surface area contributed by atoms with Crippen molar-refractivity contribution in [3.05, 3.63) is 152 Å². The summed E-state index contributed by atoms with van der Waals surface area (Å²) in [6.45, 7) is 0. The lowest BCUT2D eigenvalue weighted by Crippen LogP contribution is -1.96. The molecule has 46 heavy (non-hydrogen) atoms. The van der Waals surface area contributed by atoms with E-state index in [4.69, 9.17) is 19.9 Å². The Balaban J connectivity index is 1.21. The van der Waals surface area contributed by atoms with E-state index in [9.17, 15) is 0 Å². The summed E-state index contributed by atoms with van der Waals surface area (Å²) in [5.74, 6) is 0.697. The van der Waals surface area contributed by atoms with Gasteiger partial charge in [0.1, 0.15) is 0 Å². The minimum atomic E-state index is 0.697. The van der Waals surface area contributed by atoms with Crippen molar-refractivity contribution in [1.29, 1.82) is 0 Å². The van der Waals surface area contributed by atoms with Gasteiger partial charge in [-0.2, -0.15) is 0 Å². The van der Waals surface area contributed by atoms with Gasteiger partial charge in [-0.1, -0.05) is 121 Å². The number of hydrogen-bond donors (Lipinski definition) is 0. The molecule has 9 rings (SSSR count). The maximum atomic E-state index is 5.24. The third-order valence-corrected chi connectivity index (χ3v) is 8.49. The van der Waals surface area contributed by atoms with Crippen LogP contribution >= 0.6 is 0 Å². The molecular weight excluding hydrogens is 562 g/mol. The molecule has 0 aliphatic rings. The van der Waals surface area contributed by atoms with Gasteiger partial charge in [-0.15, -0.1) is 0 Å². The fraction of sp³-hybridized carbons (Fsp3) is 0. The summed E-state index contributed by atoms with van der Waals surface area (Å²) >= 11 is 0. The largest absolute Gasteiger partial charge is 0.254 e. The maximum absolute atomic E-state index is 5.24. The van der Waals surface area contributed by atoms with E-state index < -0.39 is 0 Å². The number of hydrogen-bond acceptors (Lipinski definition) is 5. The zero-order valence-corrected chi connectivity index (χ0v) is 24.7. The van der Waals surface area contributed by atoms with Crippen molar-refractivity contribution in [2.45, 2.75) is 0 Å². The molecule has 0 spiro atoms. The first-order valence-electron chi connectivity index (χ1n) is 15.3. The molecule has 0 bridgehead atoms. The van der Waals surface area contributed by atoms with E-state index >= 15 is 0 Å². The first-order valence-corrected chi connectivity index (χ1v) is 15.3. The predicted molar refractivity (Wildman–Crippen MR) is 187 cm³/mol. The molecule has 5 nitrogen and oxygen atoms in total. The van der Waals surface area contributed by atoms with Crippen LogP contribution in [0.5, 0.6) is 0 Å². The lowest BCUT2D eigenvalue weighted by Gasteiger charge is -2.13. The van der Waals surface area contributed by atoms with E-state index in [0.717, 1.165) is 82.9 Å². The van der Waals surface area contributed by atoms with E-state index in [-0.39, 0.29) is 0 Å². The number of benzene rings is 5. The fourth-order valence-electron chi connectivity index (χ4n) is 6.20. The van der Waals surface area contributed by atoms with Crippen LogP contribution in [0.3, 0.4) is 0 Å². The number of fused-ring (bicyclic) bond motifs is 6. The molecule has 214 valence electrons. The number of rotatable bonds is 4. The molecule has 4 heterocycles. The number of nitrogens with zero attached hydrogens (tertiary/aromatic N) is 5. The Morgan fingerprint density at radius 3 is 1.80 bits per heavy atom. The molecule has 0 atom stereocenters. The Bertz CT molecular complexity index is 2510. The van der Waals surface area contributed by atoms with Crippen LogP contribution in [0.4, 0.5) is 0 Å². The average molecular weight is 588 g/mol.